The lowest BCUT2D eigenvalue weighted by atomic mass is 9.93. The number of likely N-dealkylation sites (tertiary alicyclic amines) is 1. The molecule has 1 aromatic heterocycles. The van der Waals surface area contributed by atoms with Crippen LogP contribution in [-0.2, 0) is 6.54 Å². The summed E-state index contributed by atoms with van der Waals surface area (Å²) in [6.45, 7) is 8.21. The first-order chi connectivity index (χ1) is 19.9. The molecule has 0 radical (unpaired) electrons. The first kappa shape index (κ1) is 26.7. The molecule has 4 heterocycles. The Balaban J connectivity index is 1.19. The van der Waals surface area contributed by atoms with Gasteiger partial charge in [0.1, 0.15) is 0 Å². The van der Waals surface area contributed by atoms with Gasteiger partial charge in [0.25, 0.3) is 5.91 Å². The van der Waals surface area contributed by atoms with Crippen molar-refractivity contribution in [2.24, 2.45) is 11.8 Å². The van der Waals surface area contributed by atoms with Crippen molar-refractivity contribution in [2.75, 3.05) is 33.3 Å². The smallest absolute Gasteiger partial charge is 0.254 e. The molecule has 3 aromatic rings. The van der Waals surface area contributed by atoms with Gasteiger partial charge in [0.15, 0.2) is 11.5 Å². The molecule has 3 fully saturated rings. The second kappa shape index (κ2) is 10.6. The van der Waals surface area contributed by atoms with Gasteiger partial charge in [-0.15, -0.1) is 11.3 Å². The van der Waals surface area contributed by atoms with Crippen LogP contribution in [0.5, 0.6) is 17.2 Å². The fourth-order valence-electron chi connectivity index (χ4n) is 7.09. The molecule has 7 rings (SSSR count). The van der Waals surface area contributed by atoms with Crippen molar-refractivity contribution in [3.63, 3.8) is 0 Å². The minimum Gasteiger partial charge on any atom is -0.493 e. The number of thiophene rings is 1. The van der Waals surface area contributed by atoms with Gasteiger partial charge in [-0.25, -0.2) is 0 Å². The Labute approximate surface area is 246 Å². The maximum Gasteiger partial charge on any atom is 0.254 e. The fourth-order valence-corrected chi connectivity index (χ4v) is 8.17. The summed E-state index contributed by atoms with van der Waals surface area (Å²) in [7, 11) is 1.60. The Morgan fingerprint density at radius 3 is 2.73 bits per heavy atom. The maximum atomic E-state index is 14.3. The third kappa shape index (κ3) is 5.17. The number of ether oxygens (including phenoxy) is 3. The molecule has 2 aromatic carbocycles. The molecule has 3 aliphatic heterocycles. The predicted molar refractivity (Wildman–Crippen MR) is 162 cm³/mol. The van der Waals surface area contributed by atoms with Gasteiger partial charge in [-0.3, -0.25) is 4.79 Å². The second-order valence-electron chi connectivity index (χ2n) is 12.3. The first-order valence-corrected chi connectivity index (χ1v) is 15.7. The number of amides is 1. The molecule has 41 heavy (non-hydrogen) atoms. The summed E-state index contributed by atoms with van der Waals surface area (Å²) in [5, 5.41) is 4.83. The summed E-state index contributed by atoms with van der Waals surface area (Å²) in [5.74, 6) is 2.13. The van der Waals surface area contributed by atoms with Crippen LogP contribution in [-0.4, -0.2) is 60.8 Å². The molecule has 1 N–H and O–H groups in total. The second-order valence-corrected chi connectivity index (χ2v) is 13.5. The molecule has 2 saturated heterocycles. The lowest BCUT2D eigenvalue weighted by Gasteiger charge is -2.33. The molecule has 3 atom stereocenters. The van der Waals surface area contributed by atoms with E-state index >= 15 is 0 Å². The molecule has 1 aliphatic carbocycles. The predicted octanol–water partition coefficient (Wildman–Crippen LogP) is 6.04. The van der Waals surface area contributed by atoms with Crippen LogP contribution in [0.3, 0.4) is 0 Å². The Morgan fingerprint density at radius 1 is 1.15 bits per heavy atom. The normalized spacial score (nSPS) is 25.3. The number of nitrogens with one attached hydrogen (secondary N) is 1. The van der Waals surface area contributed by atoms with Crippen LogP contribution in [0.1, 0.15) is 54.8 Å². The number of fused-ring (bicyclic) bond motifs is 4. The highest BCUT2D eigenvalue weighted by atomic mass is 32.1. The van der Waals surface area contributed by atoms with Crippen molar-refractivity contribution in [3.05, 3.63) is 64.7 Å². The summed E-state index contributed by atoms with van der Waals surface area (Å²) in [6, 6.07) is 14.6. The van der Waals surface area contributed by atoms with Gasteiger partial charge < -0.3 is 29.3 Å². The molecule has 4 aliphatic rings. The average molecular weight is 574 g/mol. The van der Waals surface area contributed by atoms with Gasteiger partial charge in [-0.2, -0.15) is 0 Å². The van der Waals surface area contributed by atoms with Crippen molar-refractivity contribution in [3.8, 4) is 17.2 Å². The Kier molecular flexibility index (Phi) is 6.86. The Hall–Kier alpha value is -3.23. The van der Waals surface area contributed by atoms with Crippen LogP contribution in [0.4, 0.5) is 0 Å². The number of hydrogen-bond donors (Lipinski definition) is 1. The Morgan fingerprint density at radius 2 is 1.95 bits per heavy atom. The summed E-state index contributed by atoms with van der Waals surface area (Å²) < 4.78 is 18.9. The lowest BCUT2D eigenvalue weighted by molar-refractivity contribution is -0.0439. The van der Waals surface area contributed by atoms with E-state index in [2.05, 4.69) is 46.7 Å². The van der Waals surface area contributed by atoms with Crippen molar-refractivity contribution < 1.29 is 19.0 Å². The van der Waals surface area contributed by atoms with E-state index < -0.39 is 5.79 Å². The quantitative estimate of drug-likeness (QED) is 0.372. The van der Waals surface area contributed by atoms with Crippen LogP contribution in [0.25, 0.3) is 10.1 Å². The summed E-state index contributed by atoms with van der Waals surface area (Å²) in [4.78, 5) is 20.1. The van der Waals surface area contributed by atoms with E-state index in [-0.39, 0.29) is 5.91 Å². The summed E-state index contributed by atoms with van der Waals surface area (Å²) >= 11 is 1.77. The van der Waals surface area contributed by atoms with Gasteiger partial charge in [0, 0.05) is 61.2 Å². The number of methoxy groups -OCH3 is 1. The van der Waals surface area contributed by atoms with Crippen LogP contribution >= 0.6 is 11.3 Å². The Bertz CT molecular complexity index is 1450. The SMILES string of the molecule is COc1cc(C(=O)N(Cc2cc3ccccc3s2)C[C@@H]2CCCN2C=C2[C@@H]3CC[C@H]2CNC3)cc2c1OC(C)(C)O2. The zero-order valence-corrected chi connectivity index (χ0v) is 25.0. The molecular weight excluding hydrogens is 534 g/mol. The highest BCUT2D eigenvalue weighted by Crippen LogP contribution is 2.47. The van der Waals surface area contributed by atoms with Gasteiger partial charge in [0.05, 0.1) is 13.7 Å². The molecule has 2 bridgehead atoms. The van der Waals surface area contributed by atoms with Gasteiger partial charge in [-0.1, -0.05) is 18.2 Å². The molecule has 0 unspecified atom stereocenters. The average Bonchev–Trinajstić information content (AvgIpc) is 3.70. The number of rotatable bonds is 7. The van der Waals surface area contributed by atoms with Crippen LogP contribution < -0.4 is 19.5 Å². The van der Waals surface area contributed by atoms with Crippen molar-refractivity contribution in [1.29, 1.82) is 0 Å². The number of nitrogens with zero attached hydrogens (tertiary/aromatic N) is 2. The fraction of sp³-hybridized carbons (Fsp3) is 0.485. The molecule has 216 valence electrons. The molecule has 1 saturated carbocycles. The van der Waals surface area contributed by atoms with E-state index in [0.29, 0.717) is 53.8 Å². The highest BCUT2D eigenvalue weighted by molar-refractivity contribution is 7.19. The van der Waals surface area contributed by atoms with Gasteiger partial charge in [-0.05, 0) is 78.9 Å². The van der Waals surface area contributed by atoms with Crippen molar-refractivity contribution in [2.45, 2.75) is 57.9 Å². The number of carbonyl (C=O) groups is 1. The minimum atomic E-state index is -0.806. The molecule has 7 nitrogen and oxygen atoms in total. The van der Waals surface area contributed by atoms with E-state index in [1.807, 2.05) is 24.8 Å². The maximum absolute atomic E-state index is 14.3. The van der Waals surface area contributed by atoms with Crippen molar-refractivity contribution in [1.82, 2.24) is 15.1 Å². The highest BCUT2D eigenvalue weighted by Gasteiger charge is 2.38. The van der Waals surface area contributed by atoms with E-state index in [0.717, 1.165) is 32.5 Å². The standard InChI is InChI=1S/C33H39N3O4S/c1-33(2)39-29-15-24(14-28(38-3)31(29)40-33)32(37)36(19-26-13-21-7-4-5-9-30(21)41-26)18-25-8-6-12-35(25)20-27-22-10-11-23(27)17-34-16-22/h4-5,7,9,13-15,20,22-23,25,34H,6,8,10-12,16-19H2,1-3H3/t22-,23+,25-/m0/s1. The zero-order chi connectivity index (χ0) is 28.1. The van der Waals surface area contributed by atoms with E-state index in [4.69, 9.17) is 14.2 Å². The zero-order valence-electron chi connectivity index (χ0n) is 24.2. The van der Waals surface area contributed by atoms with Crippen molar-refractivity contribution >= 4 is 27.3 Å². The van der Waals surface area contributed by atoms with Gasteiger partial charge in [0.2, 0.25) is 11.5 Å². The third-order valence-electron chi connectivity index (χ3n) is 9.06. The number of hydrogen-bond acceptors (Lipinski definition) is 7. The summed E-state index contributed by atoms with van der Waals surface area (Å²) in [6.07, 6.45) is 7.31. The van der Waals surface area contributed by atoms with Gasteiger partial charge >= 0.3 is 0 Å². The lowest BCUT2D eigenvalue weighted by Crippen LogP contribution is -2.42. The monoisotopic (exact) mass is 573 g/mol. The first-order valence-electron chi connectivity index (χ1n) is 14.9. The topological polar surface area (TPSA) is 63.3 Å². The molecular formula is C33H39N3O4S. The van der Waals surface area contributed by atoms with E-state index in [1.54, 1.807) is 30.1 Å². The number of piperidine rings is 1. The van der Waals surface area contributed by atoms with E-state index in [1.165, 1.54) is 27.8 Å². The molecule has 8 heteroatoms. The van der Waals surface area contributed by atoms with Crippen LogP contribution in [0.15, 0.2) is 54.2 Å². The number of benzene rings is 2. The van der Waals surface area contributed by atoms with E-state index in [9.17, 15) is 4.79 Å². The molecule has 1 amide bonds. The largest absolute Gasteiger partial charge is 0.493 e. The molecule has 0 spiro atoms. The van der Waals surface area contributed by atoms with Crippen LogP contribution in [0, 0.1) is 11.8 Å². The minimum absolute atomic E-state index is 0.0155. The third-order valence-corrected chi connectivity index (χ3v) is 10.2. The number of carbonyl (C=O) groups excluding carboxylic acids is 1. The summed E-state index contributed by atoms with van der Waals surface area (Å²) in [5.41, 5.74) is 2.18. The van der Waals surface area contributed by atoms with Crippen LogP contribution in [0.2, 0.25) is 0 Å².